The molecule has 1 aliphatic heterocycles. The van der Waals surface area contributed by atoms with Crippen LogP contribution in [0.1, 0.15) is 37.0 Å². The highest BCUT2D eigenvalue weighted by Gasteiger charge is 2.48. The highest BCUT2D eigenvalue weighted by atomic mass is 19.3. The Balaban J connectivity index is 1.78. The second-order valence-electron chi connectivity index (χ2n) is 4.70. The Morgan fingerprint density at radius 2 is 2.25 bits per heavy atom. The van der Waals surface area contributed by atoms with Crippen molar-refractivity contribution in [1.29, 1.82) is 0 Å². The van der Waals surface area contributed by atoms with Crippen LogP contribution < -0.4 is 5.32 Å². The van der Waals surface area contributed by atoms with Crippen LogP contribution in [0.15, 0.2) is 6.33 Å². The van der Waals surface area contributed by atoms with E-state index in [2.05, 4.69) is 15.5 Å². The molecule has 1 aromatic rings. The summed E-state index contributed by atoms with van der Waals surface area (Å²) in [4.78, 5) is 0. The zero-order valence-electron chi connectivity index (χ0n) is 8.87. The predicted octanol–water partition coefficient (Wildman–Crippen LogP) is 1.33. The highest BCUT2D eigenvalue weighted by molar-refractivity contribution is 5.08. The third-order valence-electron chi connectivity index (χ3n) is 3.48. The lowest BCUT2D eigenvalue weighted by molar-refractivity contribution is -0.0893. The van der Waals surface area contributed by atoms with Crippen LogP contribution in [0, 0.1) is 0 Å². The summed E-state index contributed by atoms with van der Waals surface area (Å²) in [7, 11) is 0. The van der Waals surface area contributed by atoms with Gasteiger partial charge in [-0.2, -0.15) is 0 Å². The number of halogens is 2. The number of alkyl halides is 2. The maximum absolute atomic E-state index is 12.8. The summed E-state index contributed by atoms with van der Waals surface area (Å²) in [5.74, 6) is -1.87. The Hall–Kier alpha value is -1.04. The molecule has 0 spiro atoms. The molecule has 1 saturated carbocycles. The monoisotopic (exact) mass is 228 g/mol. The molecule has 3 rings (SSSR count). The summed E-state index contributed by atoms with van der Waals surface area (Å²) in [5.41, 5.74) is 0. The molecule has 2 heterocycles. The van der Waals surface area contributed by atoms with E-state index >= 15 is 0 Å². The predicted molar refractivity (Wildman–Crippen MR) is 53.5 cm³/mol. The van der Waals surface area contributed by atoms with Crippen LogP contribution in [-0.4, -0.2) is 33.8 Å². The summed E-state index contributed by atoms with van der Waals surface area (Å²) in [6, 6.07) is 0.333. The fourth-order valence-electron chi connectivity index (χ4n) is 2.55. The van der Waals surface area contributed by atoms with E-state index in [-0.39, 0.29) is 18.8 Å². The van der Waals surface area contributed by atoms with E-state index in [9.17, 15) is 8.78 Å². The minimum Gasteiger partial charge on any atom is -0.315 e. The molecule has 1 aliphatic carbocycles. The van der Waals surface area contributed by atoms with E-state index in [0.29, 0.717) is 6.04 Å². The van der Waals surface area contributed by atoms with Crippen LogP contribution in [0.5, 0.6) is 0 Å². The first-order valence-corrected chi connectivity index (χ1v) is 5.64. The van der Waals surface area contributed by atoms with Crippen molar-refractivity contribution < 1.29 is 8.78 Å². The minimum atomic E-state index is -2.49. The Kier molecular flexibility index (Phi) is 2.20. The quantitative estimate of drug-likeness (QED) is 0.830. The summed E-state index contributed by atoms with van der Waals surface area (Å²) in [6.45, 7) is 1.86. The topological polar surface area (TPSA) is 42.7 Å². The number of nitrogens with one attached hydrogen (secondary N) is 1. The maximum Gasteiger partial charge on any atom is 0.249 e. The molecule has 0 bridgehead atoms. The molecule has 1 N–H and O–H groups in total. The largest absolute Gasteiger partial charge is 0.315 e. The molecule has 88 valence electrons. The van der Waals surface area contributed by atoms with Crippen LogP contribution in [0.4, 0.5) is 8.78 Å². The zero-order valence-corrected chi connectivity index (χ0v) is 8.87. The molecule has 16 heavy (non-hydrogen) atoms. The first-order chi connectivity index (χ1) is 7.66. The van der Waals surface area contributed by atoms with Crippen molar-refractivity contribution in [2.45, 2.75) is 37.1 Å². The van der Waals surface area contributed by atoms with E-state index < -0.39 is 5.92 Å². The summed E-state index contributed by atoms with van der Waals surface area (Å²) < 4.78 is 27.6. The van der Waals surface area contributed by atoms with E-state index in [4.69, 9.17) is 0 Å². The van der Waals surface area contributed by atoms with Crippen molar-refractivity contribution in [3.63, 3.8) is 0 Å². The molecular weight excluding hydrogens is 214 g/mol. The summed E-state index contributed by atoms with van der Waals surface area (Å²) in [6.07, 6.45) is 2.54. The third-order valence-corrected chi connectivity index (χ3v) is 3.48. The van der Waals surface area contributed by atoms with Gasteiger partial charge < -0.3 is 9.88 Å². The van der Waals surface area contributed by atoms with E-state index in [0.717, 1.165) is 25.3 Å². The van der Waals surface area contributed by atoms with Gasteiger partial charge in [0.2, 0.25) is 5.92 Å². The van der Waals surface area contributed by atoms with Crippen LogP contribution in [-0.2, 0) is 0 Å². The fourth-order valence-corrected chi connectivity index (χ4v) is 2.55. The van der Waals surface area contributed by atoms with Gasteiger partial charge in [-0.3, -0.25) is 0 Å². The molecule has 0 aromatic carbocycles. The minimum absolute atomic E-state index is 0.0775. The standard InChI is InChI=1S/C10H14F2N4/c11-10(12)3-7(4-10)9-15-14-6-16(9)8-1-2-13-5-8/h6-8,13H,1-5H2. The van der Waals surface area contributed by atoms with Crippen molar-refractivity contribution in [1.82, 2.24) is 20.1 Å². The van der Waals surface area contributed by atoms with E-state index in [1.807, 2.05) is 4.57 Å². The molecule has 6 heteroatoms. The first-order valence-electron chi connectivity index (χ1n) is 5.64. The molecule has 0 amide bonds. The van der Waals surface area contributed by atoms with Crippen molar-refractivity contribution in [2.75, 3.05) is 13.1 Å². The average molecular weight is 228 g/mol. The van der Waals surface area contributed by atoms with Crippen molar-refractivity contribution >= 4 is 0 Å². The van der Waals surface area contributed by atoms with Crippen molar-refractivity contribution in [2.24, 2.45) is 0 Å². The fraction of sp³-hybridized carbons (Fsp3) is 0.800. The van der Waals surface area contributed by atoms with Gasteiger partial charge in [0.05, 0.1) is 0 Å². The van der Waals surface area contributed by atoms with Crippen LogP contribution in [0.2, 0.25) is 0 Å². The molecule has 1 atom stereocenters. The normalized spacial score (nSPS) is 29.2. The van der Waals surface area contributed by atoms with Gasteiger partial charge >= 0.3 is 0 Å². The molecular formula is C10H14F2N4. The van der Waals surface area contributed by atoms with Gasteiger partial charge in [0.15, 0.2) is 0 Å². The molecule has 1 saturated heterocycles. The second kappa shape index (κ2) is 3.48. The van der Waals surface area contributed by atoms with Gasteiger partial charge in [-0.05, 0) is 13.0 Å². The van der Waals surface area contributed by atoms with Gasteiger partial charge in [-0.1, -0.05) is 0 Å². The number of rotatable bonds is 2. The Morgan fingerprint density at radius 1 is 1.44 bits per heavy atom. The van der Waals surface area contributed by atoms with Crippen molar-refractivity contribution in [3.8, 4) is 0 Å². The molecule has 0 radical (unpaired) electrons. The second-order valence-corrected chi connectivity index (χ2v) is 4.70. The first kappa shape index (κ1) is 10.1. The average Bonchev–Trinajstić information content (AvgIpc) is 2.84. The lowest BCUT2D eigenvalue weighted by Gasteiger charge is -2.34. The van der Waals surface area contributed by atoms with Gasteiger partial charge in [-0.15, -0.1) is 10.2 Å². The van der Waals surface area contributed by atoms with Gasteiger partial charge in [0, 0.05) is 31.3 Å². The number of hydrogen-bond acceptors (Lipinski definition) is 3. The zero-order chi connectivity index (χ0) is 11.2. The van der Waals surface area contributed by atoms with Crippen LogP contribution >= 0.6 is 0 Å². The summed E-state index contributed by atoms with van der Waals surface area (Å²) in [5, 5.41) is 11.1. The molecule has 1 aromatic heterocycles. The Labute approximate surface area is 92.0 Å². The SMILES string of the molecule is FC1(F)CC(c2nncn2C2CCNC2)C1. The smallest absolute Gasteiger partial charge is 0.249 e. The Morgan fingerprint density at radius 3 is 2.88 bits per heavy atom. The third kappa shape index (κ3) is 1.61. The lowest BCUT2D eigenvalue weighted by Crippen LogP contribution is -2.35. The molecule has 2 fully saturated rings. The van der Waals surface area contributed by atoms with Crippen molar-refractivity contribution in [3.05, 3.63) is 12.2 Å². The van der Waals surface area contributed by atoms with Crippen LogP contribution in [0.25, 0.3) is 0 Å². The van der Waals surface area contributed by atoms with Gasteiger partial charge in [-0.25, -0.2) is 8.78 Å². The summed E-state index contributed by atoms with van der Waals surface area (Å²) >= 11 is 0. The number of nitrogens with zero attached hydrogens (tertiary/aromatic N) is 3. The molecule has 2 aliphatic rings. The van der Waals surface area contributed by atoms with Gasteiger partial charge in [0.1, 0.15) is 12.2 Å². The Bertz CT molecular complexity index is 376. The van der Waals surface area contributed by atoms with Gasteiger partial charge in [0.25, 0.3) is 0 Å². The maximum atomic E-state index is 12.8. The molecule has 4 nitrogen and oxygen atoms in total. The van der Waals surface area contributed by atoms with E-state index in [1.165, 1.54) is 0 Å². The molecule has 1 unspecified atom stereocenters. The lowest BCUT2D eigenvalue weighted by atomic mass is 9.80. The number of hydrogen-bond donors (Lipinski definition) is 1. The van der Waals surface area contributed by atoms with Crippen LogP contribution in [0.3, 0.4) is 0 Å². The van der Waals surface area contributed by atoms with E-state index in [1.54, 1.807) is 6.33 Å². The number of aromatic nitrogens is 3. The highest BCUT2D eigenvalue weighted by Crippen LogP contribution is 2.48.